The fraction of sp³-hybridized carbons (Fsp3) is 0.250. The molecule has 0 saturated carbocycles. The van der Waals surface area contributed by atoms with E-state index in [0.29, 0.717) is 16.5 Å². The molecule has 0 saturated heterocycles. The van der Waals surface area contributed by atoms with Gasteiger partial charge in [-0.05, 0) is 42.0 Å². The number of nitrogens with one attached hydrogen (secondary N) is 1. The first-order chi connectivity index (χ1) is 10.2. The summed E-state index contributed by atoms with van der Waals surface area (Å²) in [5.74, 6) is 1.36. The third-order valence-electron chi connectivity index (χ3n) is 3.14. The van der Waals surface area contributed by atoms with Crippen molar-refractivity contribution >= 4 is 17.3 Å². The highest BCUT2D eigenvalue weighted by Gasteiger charge is 2.13. The van der Waals surface area contributed by atoms with Crippen LogP contribution >= 0.6 is 11.6 Å². The Morgan fingerprint density at radius 2 is 1.62 bits per heavy atom. The zero-order valence-corrected chi connectivity index (χ0v) is 12.7. The Labute approximate surface area is 129 Å². The minimum absolute atomic E-state index is 0.0566. The van der Waals surface area contributed by atoms with E-state index in [4.69, 9.17) is 21.1 Å². The summed E-state index contributed by atoms with van der Waals surface area (Å²) < 4.78 is 10.5. The molecule has 2 N–H and O–H groups in total. The average Bonchev–Trinajstić information content (AvgIpc) is 2.53. The van der Waals surface area contributed by atoms with Gasteiger partial charge in [0.25, 0.3) is 0 Å². The van der Waals surface area contributed by atoms with Gasteiger partial charge < -0.3 is 19.9 Å². The van der Waals surface area contributed by atoms with Gasteiger partial charge in [0.2, 0.25) is 0 Å². The van der Waals surface area contributed by atoms with Gasteiger partial charge in [-0.15, -0.1) is 0 Å². The third-order valence-corrected chi connectivity index (χ3v) is 3.40. The molecule has 112 valence electrons. The Kier molecular flexibility index (Phi) is 5.31. The van der Waals surface area contributed by atoms with Gasteiger partial charge in [-0.1, -0.05) is 11.6 Å². The number of benzene rings is 2. The lowest BCUT2D eigenvalue weighted by Gasteiger charge is -2.19. The smallest absolute Gasteiger partial charge is 0.122 e. The van der Waals surface area contributed by atoms with Crippen molar-refractivity contribution < 1.29 is 14.6 Å². The SMILES string of the molecule is COc1cc(OC)cc(C(CO)Nc2ccc(Cl)cc2)c1. The Hall–Kier alpha value is -1.91. The number of anilines is 1. The van der Waals surface area contributed by atoms with E-state index in [1.54, 1.807) is 32.4 Å². The van der Waals surface area contributed by atoms with E-state index in [0.717, 1.165) is 11.3 Å². The van der Waals surface area contributed by atoms with Crippen LogP contribution in [0, 0.1) is 0 Å². The molecule has 0 heterocycles. The lowest BCUT2D eigenvalue weighted by molar-refractivity contribution is 0.275. The molecule has 4 nitrogen and oxygen atoms in total. The maximum atomic E-state index is 9.65. The number of hydrogen-bond donors (Lipinski definition) is 2. The standard InChI is InChI=1S/C16H18ClNO3/c1-20-14-7-11(8-15(9-14)21-2)16(10-19)18-13-5-3-12(17)4-6-13/h3-9,16,18-19H,10H2,1-2H3. The van der Waals surface area contributed by atoms with Gasteiger partial charge in [0.1, 0.15) is 11.5 Å². The summed E-state index contributed by atoms with van der Waals surface area (Å²) in [7, 11) is 3.19. The van der Waals surface area contributed by atoms with Crippen molar-refractivity contribution in [2.75, 3.05) is 26.1 Å². The molecule has 1 atom stereocenters. The zero-order chi connectivity index (χ0) is 15.2. The van der Waals surface area contributed by atoms with E-state index >= 15 is 0 Å². The summed E-state index contributed by atoms with van der Waals surface area (Å²) in [4.78, 5) is 0. The first-order valence-corrected chi connectivity index (χ1v) is 6.90. The van der Waals surface area contributed by atoms with E-state index in [1.807, 2.05) is 24.3 Å². The highest BCUT2D eigenvalue weighted by Crippen LogP contribution is 2.28. The molecule has 0 aliphatic heterocycles. The molecule has 0 aromatic heterocycles. The molecule has 0 radical (unpaired) electrons. The minimum Gasteiger partial charge on any atom is -0.497 e. The van der Waals surface area contributed by atoms with Gasteiger partial charge in [0.15, 0.2) is 0 Å². The van der Waals surface area contributed by atoms with E-state index in [2.05, 4.69) is 5.32 Å². The Balaban J connectivity index is 2.25. The number of rotatable bonds is 6. The number of aliphatic hydroxyl groups is 1. The van der Waals surface area contributed by atoms with Gasteiger partial charge in [0, 0.05) is 16.8 Å². The summed E-state index contributed by atoms with van der Waals surface area (Å²) in [5, 5.41) is 13.6. The largest absolute Gasteiger partial charge is 0.497 e. The second-order valence-corrected chi connectivity index (χ2v) is 4.97. The number of hydrogen-bond acceptors (Lipinski definition) is 4. The number of methoxy groups -OCH3 is 2. The van der Waals surface area contributed by atoms with Crippen molar-refractivity contribution in [3.8, 4) is 11.5 Å². The van der Waals surface area contributed by atoms with Crippen LogP contribution in [0.15, 0.2) is 42.5 Å². The predicted molar refractivity (Wildman–Crippen MR) is 84.4 cm³/mol. The van der Waals surface area contributed by atoms with Crippen LogP contribution in [-0.2, 0) is 0 Å². The summed E-state index contributed by atoms with van der Waals surface area (Å²) in [6, 6.07) is 12.6. The average molecular weight is 308 g/mol. The van der Waals surface area contributed by atoms with E-state index in [9.17, 15) is 5.11 Å². The topological polar surface area (TPSA) is 50.7 Å². The quantitative estimate of drug-likeness (QED) is 0.857. The summed E-state index contributed by atoms with van der Waals surface area (Å²) in [5.41, 5.74) is 1.75. The Morgan fingerprint density at radius 1 is 1.05 bits per heavy atom. The van der Waals surface area contributed by atoms with Crippen LogP contribution in [0.25, 0.3) is 0 Å². The van der Waals surface area contributed by atoms with Gasteiger partial charge in [-0.2, -0.15) is 0 Å². The fourth-order valence-electron chi connectivity index (χ4n) is 2.01. The zero-order valence-electron chi connectivity index (χ0n) is 12.0. The molecule has 1 unspecified atom stereocenters. The van der Waals surface area contributed by atoms with Crippen molar-refractivity contribution in [3.05, 3.63) is 53.1 Å². The molecule has 0 fully saturated rings. The molecule has 0 amide bonds. The van der Waals surface area contributed by atoms with Crippen LogP contribution in [0.5, 0.6) is 11.5 Å². The highest BCUT2D eigenvalue weighted by molar-refractivity contribution is 6.30. The Morgan fingerprint density at radius 3 is 2.10 bits per heavy atom. The van der Waals surface area contributed by atoms with Crippen molar-refractivity contribution in [3.63, 3.8) is 0 Å². The monoisotopic (exact) mass is 307 g/mol. The van der Waals surface area contributed by atoms with Gasteiger partial charge in [-0.25, -0.2) is 0 Å². The lowest BCUT2D eigenvalue weighted by atomic mass is 10.1. The Bertz CT molecular complexity index is 564. The predicted octanol–water partition coefficient (Wildman–Crippen LogP) is 3.50. The second kappa shape index (κ2) is 7.20. The number of halogens is 1. The summed E-state index contributed by atoms with van der Waals surface area (Å²) >= 11 is 5.87. The minimum atomic E-state index is -0.268. The fourth-order valence-corrected chi connectivity index (χ4v) is 2.14. The summed E-state index contributed by atoms with van der Waals surface area (Å²) in [6.07, 6.45) is 0. The lowest BCUT2D eigenvalue weighted by Crippen LogP contribution is -2.15. The van der Waals surface area contributed by atoms with Gasteiger partial charge in [0.05, 0.1) is 26.9 Å². The third kappa shape index (κ3) is 4.03. The normalized spacial score (nSPS) is 11.8. The maximum Gasteiger partial charge on any atom is 0.122 e. The molecule has 0 spiro atoms. The van der Waals surface area contributed by atoms with E-state index in [-0.39, 0.29) is 12.6 Å². The maximum absolute atomic E-state index is 9.65. The van der Waals surface area contributed by atoms with E-state index < -0.39 is 0 Å². The molecular formula is C16H18ClNO3. The van der Waals surface area contributed by atoms with Crippen molar-refractivity contribution in [2.24, 2.45) is 0 Å². The molecular weight excluding hydrogens is 290 g/mol. The van der Waals surface area contributed by atoms with Gasteiger partial charge >= 0.3 is 0 Å². The highest BCUT2D eigenvalue weighted by atomic mass is 35.5. The summed E-state index contributed by atoms with van der Waals surface area (Å²) in [6.45, 7) is -0.0566. The molecule has 0 aliphatic rings. The second-order valence-electron chi connectivity index (χ2n) is 4.53. The molecule has 2 aromatic carbocycles. The number of aliphatic hydroxyl groups excluding tert-OH is 1. The van der Waals surface area contributed by atoms with E-state index in [1.165, 1.54) is 0 Å². The van der Waals surface area contributed by atoms with Crippen LogP contribution in [0.2, 0.25) is 5.02 Å². The molecule has 5 heteroatoms. The van der Waals surface area contributed by atoms with Crippen LogP contribution in [0.1, 0.15) is 11.6 Å². The molecule has 0 bridgehead atoms. The van der Waals surface area contributed by atoms with Crippen molar-refractivity contribution in [2.45, 2.75) is 6.04 Å². The van der Waals surface area contributed by atoms with Crippen LogP contribution < -0.4 is 14.8 Å². The molecule has 2 aromatic rings. The van der Waals surface area contributed by atoms with Crippen molar-refractivity contribution in [1.82, 2.24) is 0 Å². The van der Waals surface area contributed by atoms with Crippen LogP contribution in [-0.4, -0.2) is 25.9 Å². The first kappa shape index (κ1) is 15.5. The van der Waals surface area contributed by atoms with Crippen LogP contribution in [0.4, 0.5) is 5.69 Å². The molecule has 21 heavy (non-hydrogen) atoms. The molecule has 2 rings (SSSR count). The first-order valence-electron chi connectivity index (χ1n) is 6.52. The number of ether oxygens (including phenoxy) is 2. The molecule has 0 aliphatic carbocycles. The van der Waals surface area contributed by atoms with Crippen LogP contribution in [0.3, 0.4) is 0 Å². The van der Waals surface area contributed by atoms with Crippen molar-refractivity contribution in [1.29, 1.82) is 0 Å². The van der Waals surface area contributed by atoms with Gasteiger partial charge in [-0.3, -0.25) is 0 Å².